The van der Waals surface area contributed by atoms with Crippen molar-refractivity contribution >= 4 is 56.4 Å². The zero-order valence-corrected chi connectivity index (χ0v) is 20.1. The van der Waals surface area contributed by atoms with E-state index >= 15 is 0 Å². The number of anilines is 1. The quantitative estimate of drug-likeness (QED) is 0.358. The van der Waals surface area contributed by atoms with Crippen LogP contribution in [0.15, 0.2) is 36.4 Å². The number of methoxy groups -OCH3 is 1. The Bertz CT molecular complexity index is 1020. The van der Waals surface area contributed by atoms with Crippen LogP contribution in [-0.2, 0) is 14.8 Å². The molecule has 2 aromatic carbocycles. The highest BCUT2D eigenvalue weighted by atomic mass is 35.5. The van der Waals surface area contributed by atoms with Crippen LogP contribution >= 0.6 is 34.8 Å². The molecular weight excluding hydrogens is 487 g/mol. The normalized spacial score (nSPS) is 11.1. The third-order valence-corrected chi connectivity index (χ3v) is 6.36. The summed E-state index contributed by atoms with van der Waals surface area (Å²) in [5.41, 5.74) is 0.214. The molecule has 0 bridgehead atoms. The van der Waals surface area contributed by atoms with Gasteiger partial charge in [-0.05, 0) is 30.7 Å². The fourth-order valence-electron chi connectivity index (χ4n) is 2.69. The second-order valence-electron chi connectivity index (χ2n) is 6.53. The van der Waals surface area contributed by atoms with Gasteiger partial charge in [-0.2, -0.15) is 0 Å². The van der Waals surface area contributed by atoms with Gasteiger partial charge in [0.25, 0.3) is 0 Å². The molecule has 0 aromatic heterocycles. The maximum Gasteiger partial charge on any atom is 0.232 e. The summed E-state index contributed by atoms with van der Waals surface area (Å²) < 4.78 is 36.2. The van der Waals surface area contributed by atoms with Crippen molar-refractivity contribution in [1.82, 2.24) is 5.32 Å². The number of amides is 1. The van der Waals surface area contributed by atoms with Crippen molar-refractivity contribution in [3.63, 3.8) is 0 Å². The average Bonchev–Trinajstić information content (AvgIpc) is 2.71. The van der Waals surface area contributed by atoms with Crippen LogP contribution in [0.4, 0.5) is 5.69 Å². The van der Waals surface area contributed by atoms with Crippen molar-refractivity contribution in [3.8, 4) is 11.5 Å². The van der Waals surface area contributed by atoms with Gasteiger partial charge in [-0.3, -0.25) is 9.10 Å². The Balaban J connectivity index is 1.83. The van der Waals surface area contributed by atoms with Crippen LogP contribution < -0.4 is 19.1 Å². The van der Waals surface area contributed by atoms with E-state index in [1.54, 1.807) is 31.4 Å². The highest BCUT2D eigenvalue weighted by Gasteiger charge is 2.21. The molecule has 0 aliphatic heterocycles. The second kappa shape index (κ2) is 11.7. The van der Waals surface area contributed by atoms with Gasteiger partial charge in [-0.15, -0.1) is 0 Å². The van der Waals surface area contributed by atoms with E-state index in [1.165, 1.54) is 12.1 Å². The van der Waals surface area contributed by atoms with Crippen molar-refractivity contribution in [2.24, 2.45) is 0 Å². The molecule has 0 saturated carbocycles. The highest BCUT2D eigenvalue weighted by Crippen LogP contribution is 2.35. The first-order chi connectivity index (χ1) is 14.6. The molecule has 0 saturated heterocycles. The molecule has 2 rings (SSSR count). The van der Waals surface area contributed by atoms with Crippen LogP contribution in [0, 0.1) is 0 Å². The Hall–Kier alpha value is -1.87. The van der Waals surface area contributed by atoms with E-state index in [9.17, 15) is 13.2 Å². The predicted molar refractivity (Wildman–Crippen MR) is 124 cm³/mol. The summed E-state index contributed by atoms with van der Waals surface area (Å²) >= 11 is 18.1. The lowest BCUT2D eigenvalue weighted by Gasteiger charge is -2.24. The number of carbonyl (C=O) groups is 1. The lowest BCUT2D eigenvalue weighted by molar-refractivity contribution is -0.121. The molecule has 0 atom stereocenters. The Kier molecular flexibility index (Phi) is 9.55. The SMILES string of the molecule is COc1cccc(OCCNC(=O)CCCN(c2cc(Cl)c(Cl)cc2Cl)S(C)(=O)=O)c1. The Labute approximate surface area is 197 Å². The van der Waals surface area contributed by atoms with Crippen LogP contribution in [0.1, 0.15) is 12.8 Å². The monoisotopic (exact) mass is 508 g/mol. The first kappa shape index (κ1) is 25.4. The number of nitrogens with zero attached hydrogens (tertiary/aromatic N) is 1. The van der Waals surface area contributed by atoms with E-state index in [2.05, 4.69) is 5.32 Å². The number of benzene rings is 2. The molecule has 2 aromatic rings. The van der Waals surface area contributed by atoms with Crippen molar-refractivity contribution in [3.05, 3.63) is 51.5 Å². The van der Waals surface area contributed by atoms with E-state index in [0.29, 0.717) is 18.0 Å². The van der Waals surface area contributed by atoms with Gasteiger partial charge >= 0.3 is 0 Å². The summed E-state index contributed by atoms with van der Waals surface area (Å²) in [5, 5.41) is 3.29. The third kappa shape index (κ3) is 7.96. The topological polar surface area (TPSA) is 84.9 Å². The van der Waals surface area contributed by atoms with Crippen LogP contribution in [0.25, 0.3) is 0 Å². The zero-order chi connectivity index (χ0) is 23.0. The van der Waals surface area contributed by atoms with Crippen molar-refractivity contribution < 1.29 is 22.7 Å². The fourth-order valence-corrected chi connectivity index (χ4v) is 4.35. The number of hydrogen-bond donors (Lipinski definition) is 1. The summed E-state index contributed by atoms with van der Waals surface area (Å²) in [6.07, 6.45) is 1.47. The van der Waals surface area contributed by atoms with Crippen molar-refractivity contribution in [2.75, 3.05) is 37.4 Å². The van der Waals surface area contributed by atoms with Gasteiger partial charge in [-0.25, -0.2) is 8.42 Å². The maximum atomic E-state index is 12.2. The first-order valence-corrected chi connectivity index (χ1v) is 12.3. The summed E-state index contributed by atoms with van der Waals surface area (Å²) in [6.45, 7) is 0.655. The lowest BCUT2D eigenvalue weighted by Crippen LogP contribution is -2.33. The van der Waals surface area contributed by atoms with Crippen molar-refractivity contribution in [2.45, 2.75) is 12.8 Å². The summed E-state index contributed by atoms with van der Waals surface area (Å²) in [6, 6.07) is 9.92. The van der Waals surface area contributed by atoms with E-state index in [0.717, 1.165) is 10.6 Å². The van der Waals surface area contributed by atoms with E-state index in [1.807, 2.05) is 0 Å². The van der Waals surface area contributed by atoms with Crippen LogP contribution in [-0.4, -0.2) is 47.4 Å². The standard InChI is InChI=1S/C20H23Cl3N2O5S/c1-29-14-5-3-6-15(11-14)30-10-8-24-20(26)7-4-9-25(31(2,27)28)19-13-17(22)16(21)12-18(19)23/h3,5-6,11-13H,4,7-10H2,1-2H3,(H,24,26). The number of nitrogens with one attached hydrogen (secondary N) is 1. The number of sulfonamides is 1. The second-order valence-corrected chi connectivity index (χ2v) is 9.66. The van der Waals surface area contributed by atoms with Crippen molar-refractivity contribution in [1.29, 1.82) is 0 Å². The maximum absolute atomic E-state index is 12.2. The van der Waals surface area contributed by atoms with Crippen LogP contribution in [0.2, 0.25) is 15.1 Å². The number of hydrogen-bond acceptors (Lipinski definition) is 5. The van der Waals surface area contributed by atoms with Crippen LogP contribution in [0.5, 0.6) is 11.5 Å². The molecule has 11 heteroatoms. The molecule has 7 nitrogen and oxygen atoms in total. The van der Waals surface area contributed by atoms with E-state index in [-0.39, 0.29) is 52.7 Å². The van der Waals surface area contributed by atoms with Gasteiger partial charge in [0.2, 0.25) is 15.9 Å². The summed E-state index contributed by atoms with van der Waals surface area (Å²) in [4.78, 5) is 12.1. The predicted octanol–water partition coefficient (Wildman–Crippen LogP) is 4.40. The van der Waals surface area contributed by atoms with E-state index in [4.69, 9.17) is 44.3 Å². The van der Waals surface area contributed by atoms with Gasteiger partial charge in [0, 0.05) is 19.0 Å². The number of halogens is 3. The first-order valence-electron chi connectivity index (χ1n) is 9.27. The Morgan fingerprint density at radius 1 is 1.06 bits per heavy atom. The van der Waals surface area contributed by atoms with Gasteiger partial charge in [0.15, 0.2) is 0 Å². The molecule has 0 fully saturated rings. The smallest absolute Gasteiger partial charge is 0.232 e. The molecule has 0 spiro atoms. The number of rotatable bonds is 11. The molecule has 31 heavy (non-hydrogen) atoms. The largest absolute Gasteiger partial charge is 0.497 e. The Morgan fingerprint density at radius 3 is 2.42 bits per heavy atom. The molecule has 170 valence electrons. The van der Waals surface area contributed by atoms with Crippen LogP contribution in [0.3, 0.4) is 0 Å². The summed E-state index contributed by atoms with van der Waals surface area (Å²) in [5.74, 6) is 1.10. The minimum Gasteiger partial charge on any atom is -0.497 e. The van der Waals surface area contributed by atoms with Gasteiger partial charge < -0.3 is 14.8 Å². The van der Waals surface area contributed by atoms with Gasteiger partial charge in [0.1, 0.15) is 18.1 Å². The molecule has 0 unspecified atom stereocenters. The molecule has 1 N–H and O–H groups in total. The number of carbonyl (C=O) groups excluding carboxylic acids is 1. The Morgan fingerprint density at radius 2 is 1.74 bits per heavy atom. The molecule has 0 aliphatic carbocycles. The third-order valence-electron chi connectivity index (χ3n) is 4.16. The lowest BCUT2D eigenvalue weighted by atomic mass is 10.2. The molecule has 1 amide bonds. The average molecular weight is 510 g/mol. The summed E-state index contributed by atoms with van der Waals surface area (Å²) in [7, 11) is -2.07. The zero-order valence-electron chi connectivity index (χ0n) is 17.0. The highest BCUT2D eigenvalue weighted by molar-refractivity contribution is 7.92. The number of ether oxygens (including phenoxy) is 2. The molecule has 0 radical (unpaired) electrons. The van der Waals surface area contributed by atoms with Gasteiger partial charge in [0.05, 0.1) is 40.7 Å². The molecule has 0 heterocycles. The minimum absolute atomic E-state index is 0.0598. The van der Waals surface area contributed by atoms with Gasteiger partial charge in [-0.1, -0.05) is 40.9 Å². The molecular formula is C20H23Cl3N2O5S. The minimum atomic E-state index is -3.64. The molecule has 0 aliphatic rings. The fraction of sp³-hybridized carbons (Fsp3) is 0.350. The van der Waals surface area contributed by atoms with E-state index < -0.39 is 10.0 Å².